The van der Waals surface area contributed by atoms with Gasteiger partial charge >= 0.3 is 6.03 Å². The summed E-state index contributed by atoms with van der Waals surface area (Å²) in [5.74, 6) is 0. The van der Waals surface area contributed by atoms with Gasteiger partial charge in [-0.2, -0.15) is 5.10 Å². The molecule has 7 nitrogen and oxygen atoms in total. The second-order valence-corrected chi connectivity index (χ2v) is 6.97. The Kier molecular flexibility index (Phi) is 5.31. The molecule has 0 aliphatic carbocycles. The molecule has 25 heavy (non-hydrogen) atoms. The Labute approximate surface area is 149 Å². The average molecular weight is 344 g/mol. The fraction of sp³-hybridized carbons (Fsp3) is 0.556. The van der Waals surface area contributed by atoms with Crippen LogP contribution in [0.25, 0.3) is 0 Å². The van der Waals surface area contributed by atoms with Crippen LogP contribution in [0.15, 0.2) is 30.7 Å². The van der Waals surface area contributed by atoms with E-state index in [2.05, 4.69) is 38.2 Å². The van der Waals surface area contributed by atoms with Crippen molar-refractivity contribution in [2.45, 2.75) is 38.3 Å². The molecular weight excluding hydrogens is 316 g/mol. The Morgan fingerprint density at radius 1 is 1.44 bits per heavy atom. The van der Waals surface area contributed by atoms with Gasteiger partial charge in [-0.1, -0.05) is 0 Å². The molecule has 0 bridgehead atoms. The van der Waals surface area contributed by atoms with E-state index in [1.54, 1.807) is 4.68 Å². The summed E-state index contributed by atoms with van der Waals surface area (Å²) in [4.78, 5) is 14.5. The molecule has 0 aromatic carbocycles. The SMILES string of the molecule is C[C@@H](CCc1cccn1C)NC(=O)N[C@H]1CCN(c2cnn(C)c2)C1. The number of aromatic nitrogens is 3. The van der Waals surface area contributed by atoms with Gasteiger partial charge in [0.2, 0.25) is 0 Å². The van der Waals surface area contributed by atoms with Crippen LogP contribution in [-0.4, -0.2) is 45.6 Å². The van der Waals surface area contributed by atoms with Crippen molar-refractivity contribution >= 4 is 11.7 Å². The first kappa shape index (κ1) is 17.4. The highest BCUT2D eigenvalue weighted by Gasteiger charge is 2.25. The molecule has 136 valence electrons. The summed E-state index contributed by atoms with van der Waals surface area (Å²) in [6, 6.07) is 4.43. The molecule has 2 N–H and O–H groups in total. The topological polar surface area (TPSA) is 67.1 Å². The van der Waals surface area contributed by atoms with Crippen LogP contribution in [0.3, 0.4) is 0 Å². The highest BCUT2D eigenvalue weighted by atomic mass is 16.2. The molecule has 0 spiro atoms. The molecule has 0 unspecified atom stereocenters. The number of carbonyl (C=O) groups is 1. The van der Waals surface area contributed by atoms with Crippen molar-refractivity contribution < 1.29 is 4.79 Å². The lowest BCUT2D eigenvalue weighted by atomic mass is 10.1. The lowest BCUT2D eigenvalue weighted by Crippen LogP contribution is -2.46. The van der Waals surface area contributed by atoms with E-state index >= 15 is 0 Å². The van der Waals surface area contributed by atoms with Crippen LogP contribution in [0.5, 0.6) is 0 Å². The highest BCUT2D eigenvalue weighted by Crippen LogP contribution is 2.19. The number of nitrogens with zero attached hydrogens (tertiary/aromatic N) is 4. The van der Waals surface area contributed by atoms with Crippen molar-refractivity contribution in [1.29, 1.82) is 0 Å². The minimum Gasteiger partial charge on any atom is -0.367 e. The van der Waals surface area contributed by atoms with Crippen molar-refractivity contribution in [3.63, 3.8) is 0 Å². The smallest absolute Gasteiger partial charge is 0.315 e. The molecular formula is C18H28N6O. The van der Waals surface area contributed by atoms with Crippen LogP contribution in [-0.2, 0) is 20.5 Å². The predicted octanol–water partition coefficient (Wildman–Crippen LogP) is 1.66. The first-order valence-corrected chi connectivity index (χ1v) is 8.92. The molecule has 2 atom stereocenters. The Bertz CT molecular complexity index is 706. The summed E-state index contributed by atoms with van der Waals surface area (Å²) in [5, 5.41) is 10.4. The van der Waals surface area contributed by atoms with Crippen molar-refractivity contribution in [3.8, 4) is 0 Å². The number of aryl methyl sites for hydroxylation is 3. The highest BCUT2D eigenvalue weighted by molar-refractivity contribution is 5.74. The van der Waals surface area contributed by atoms with Gasteiger partial charge in [0.1, 0.15) is 0 Å². The quantitative estimate of drug-likeness (QED) is 0.837. The maximum Gasteiger partial charge on any atom is 0.315 e. The Balaban J connectivity index is 1.39. The largest absolute Gasteiger partial charge is 0.367 e. The monoisotopic (exact) mass is 344 g/mol. The molecule has 1 aliphatic rings. The first-order valence-electron chi connectivity index (χ1n) is 8.92. The molecule has 0 radical (unpaired) electrons. The predicted molar refractivity (Wildman–Crippen MR) is 98.7 cm³/mol. The van der Waals surface area contributed by atoms with Gasteiger partial charge in [0, 0.05) is 57.4 Å². The number of urea groups is 1. The lowest BCUT2D eigenvalue weighted by Gasteiger charge is -2.19. The molecule has 1 fully saturated rings. The first-order chi connectivity index (χ1) is 12.0. The second-order valence-electron chi connectivity index (χ2n) is 6.97. The van der Waals surface area contributed by atoms with Gasteiger partial charge in [0.15, 0.2) is 0 Å². The Morgan fingerprint density at radius 3 is 2.96 bits per heavy atom. The van der Waals surface area contributed by atoms with Crippen molar-refractivity contribution in [2.24, 2.45) is 14.1 Å². The average Bonchev–Trinajstić information content (AvgIpc) is 3.27. The molecule has 1 aliphatic heterocycles. The maximum absolute atomic E-state index is 12.2. The van der Waals surface area contributed by atoms with Gasteiger partial charge in [-0.15, -0.1) is 0 Å². The summed E-state index contributed by atoms with van der Waals surface area (Å²) in [6.45, 7) is 3.83. The van der Waals surface area contributed by atoms with Crippen molar-refractivity contribution in [1.82, 2.24) is 25.0 Å². The number of hydrogen-bond donors (Lipinski definition) is 2. The van der Waals surface area contributed by atoms with Crippen molar-refractivity contribution in [3.05, 3.63) is 36.4 Å². The van der Waals surface area contributed by atoms with Gasteiger partial charge in [-0.05, 0) is 38.3 Å². The third-order valence-electron chi connectivity index (χ3n) is 4.84. The number of nitrogens with one attached hydrogen (secondary N) is 2. The summed E-state index contributed by atoms with van der Waals surface area (Å²) >= 11 is 0. The number of amides is 2. The molecule has 2 aromatic rings. The van der Waals surface area contributed by atoms with Crippen LogP contribution in [0.4, 0.5) is 10.5 Å². The van der Waals surface area contributed by atoms with Crippen LogP contribution < -0.4 is 15.5 Å². The minimum atomic E-state index is -0.0718. The van der Waals surface area contributed by atoms with Gasteiger partial charge in [0.25, 0.3) is 0 Å². The van der Waals surface area contributed by atoms with E-state index in [0.29, 0.717) is 0 Å². The zero-order valence-corrected chi connectivity index (χ0v) is 15.3. The van der Waals surface area contributed by atoms with Crippen LogP contribution >= 0.6 is 0 Å². The van der Waals surface area contributed by atoms with Crippen LogP contribution in [0, 0.1) is 0 Å². The van der Waals surface area contributed by atoms with E-state index in [0.717, 1.165) is 38.0 Å². The van der Waals surface area contributed by atoms with Crippen LogP contribution in [0.1, 0.15) is 25.5 Å². The van der Waals surface area contributed by atoms with Gasteiger partial charge in [-0.25, -0.2) is 4.79 Å². The van der Waals surface area contributed by atoms with Gasteiger partial charge < -0.3 is 20.1 Å². The van der Waals surface area contributed by atoms with E-state index < -0.39 is 0 Å². The summed E-state index contributed by atoms with van der Waals surface area (Å²) < 4.78 is 3.93. The fourth-order valence-corrected chi connectivity index (χ4v) is 3.33. The van der Waals surface area contributed by atoms with Gasteiger partial charge in [-0.3, -0.25) is 4.68 Å². The molecule has 3 heterocycles. The van der Waals surface area contributed by atoms with Gasteiger partial charge in [0.05, 0.1) is 11.9 Å². The van der Waals surface area contributed by atoms with E-state index in [4.69, 9.17) is 0 Å². The second kappa shape index (κ2) is 7.63. The summed E-state index contributed by atoms with van der Waals surface area (Å²) in [6.07, 6.45) is 8.78. The summed E-state index contributed by atoms with van der Waals surface area (Å²) in [5.41, 5.74) is 2.40. The Hall–Kier alpha value is -2.44. The molecule has 2 aromatic heterocycles. The molecule has 1 saturated heterocycles. The molecule has 2 amide bonds. The number of anilines is 1. The van der Waals surface area contributed by atoms with E-state index in [1.807, 2.05) is 38.8 Å². The lowest BCUT2D eigenvalue weighted by molar-refractivity contribution is 0.234. The number of carbonyl (C=O) groups excluding carboxylic acids is 1. The Morgan fingerprint density at radius 2 is 2.28 bits per heavy atom. The standard InChI is InChI=1S/C18H28N6O/c1-14(6-7-16-5-4-9-22(16)2)20-18(25)21-15-8-10-24(12-15)17-11-19-23(3)13-17/h4-5,9,11,13-15H,6-8,10,12H2,1-3H3,(H2,20,21,25)/t14-,15-/m0/s1. The van der Waals surface area contributed by atoms with E-state index in [-0.39, 0.29) is 18.1 Å². The fourth-order valence-electron chi connectivity index (χ4n) is 3.33. The molecule has 0 saturated carbocycles. The third kappa shape index (κ3) is 4.55. The van der Waals surface area contributed by atoms with E-state index in [9.17, 15) is 4.79 Å². The maximum atomic E-state index is 12.2. The molecule has 3 rings (SSSR count). The number of hydrogen-bond acceptors (Lipinski definition) is 3. The van der Waals surface area contributed by atoms with Crippen molar-refractivity contribution in [2.75, 3.05) is 18.0 Å². The van der Waals surface area contributed by atoms with E-state index in [1.165, 1.54) is 5.69 Å². The number of rotatable bonds is 6. The zero-order valence-electron chi connectivity index (χ0n) is 15.3. The zero-order chi connectivity index (χ0) is 17.8. The van der Waals surface area contributed by atoms with Crippen LogP contribution in [0.2, 0.25) is 0 Å². The third-order valence-corrected chi connectivity index (χ3v) is 4.84. The minimum absolute atomic E-state index is 0.0718. The normalized spacial score (nSPS) is 18.4. The summed E-state index contributed by atoms with van der Waals surface area (Å²) in [7, 11) is 3.97. The molecule has 7 heteroatoms.